The van der Waals surface area contributed by atoms with Gasteiger partial charge in [-0.1, -0.05) is 0 Å². The Labute approximate surface area is 123 Å². The van der Waals surface area contributed by atoms with Gasteiger partial charge in [0.05, 0.1) is 0 Å². The highest BCUT2D eigenvalue weighted by molar-refractivity contribution is 5.75. The van der Waals surface area contributed by atoms with Gasteiger partial charge in [0.25, 0.3) is 0 Å². The smallest absolute Gasteiger partial charge is 0.222 e. The maximum absolute atomic E-state index is 12.2. The molecular weight excluding hydrogens is 250 g/mol. The predicted octanol–water partition coefficient (Wildman–Crippen LogP) is 1.84. The minimum atomic E-state index is 0.320. The van der Waals surface area contributed by atoms with Crippen molar-refractivity contribution in [1.29, 1.82) is 0 Å². The monoisotopic (exact) mass is 281 g/mol. The molecule has 1 amide bonds. The Morgan fingerprint density at radius 2 is 1.95 bits per heavy atom. The van der Waals surface area contributed by atoms with Crippen molar-refractivity contribution in [2.75, 3.05) is 27.2 Å². The van der Waals surface area contributed by atoms with Crippen LogP contribution < -0.4 is 5.73 Å². The van der Waals surface area contributed by atoms with Gasteiger partial charge in [0.1, 0.15) is 0 Å². The van der Waals surface area contributed by atoms with Gasteiger partial charge in [-0.3, -0.25) is 4.79 Å². The fourth-order valence-electron chi connectivity index (χ4n) is 3.62. The fourth-order valence-corrected chi connectivity index (χ4v) is 3.62. The molecule has 4 heteroatoms. The van der Waals surface area contributed by atoms with E-state index in [9.17, 15) is 4.79 Å². The van der Waals surface area contributed by atoms with Gasteiger partial charge in [0, 0.05) is 32.1 Å². The van der Waals surface area contributed by atoms with Crippen LogP contribution in [0.4, 0.5) is 0 Å². The van der Waals surface area contributed by atoms with E-state index in [1.165, 1.54) is 32.2 Å². The average molecular weight is 281 g/mol. The van der Waals surface area contributed by atoms with E-state index >= 15 is 0 Å². The van der Waals surface area contributed by atoms with E-state index in [1.54, 1.807) is 0 Å². The van der Waals surface area contributed by atoms with Crippen LogP contribution in [0.25, 0.3) is 0 Å². The van der Waals surface area contributed by atoms with Crippen molar-refractivity contribution in [2.24, 2.45) is 11.7 Å². The second kappa shape index (κ2) is 7.41. The molecule has 0 radical (unpaired) electrons. The van der Waals surface area contributed by atoms with Crippen molar-refractivity contribution < 1.29 is 4.79 Å². The predicted molar refractivity (Wildman–Crippen MR) is 82.5 cm³/mol. The quantitative estimate of drug-likeness (QED) is 0.836. The van der Waals surface area contributed by atoms with Crippen LogP contribution in [0.2, 0.25) is 0 Å². The van der Waals surface area contributed by atoms with Gasteiger partial charge in [-0.05, 0) is 64.5 Å². The number of rotatable bonds is 5. The molecule has 0 bridgehead atoms. The van der Waals surface area contributed by atoms with E-state index in [1.807, 2.05) is 11.9 Å². The third-order valence-corrected chi connectivity index (χ3v) is 5.24. The second-order valence-corrected chi connectivity index (χ2v) is 6.87. The molecule has 20 heavy (non-hydrogen) atoms. The van der Waals surface area contributed by atoms with Crippen LogP contribution in [0, 0.1) is 5.92 Å². The van der Waals surface area contributed by atoms with E-state index in [-0.39, 0.29) is 0 Å². The first kappa shape index (κ1) is 15.8. The maximum atomic E-state index is 12.2. The van der Waals surface area contributed by atoms with Gasteiger partial charge in [0.15, 0.2) is 0 Å². The molecule has 0 aromatic carbocycles. The average Bonchev–Trinajstić information content (AvgIpc) is 2.83. The number of likely N-dealkylation sites (N-methyl/N-ethyl adjacent to an activating group) is 2. The molecule has 4 nitrogen and oxygen atoms in total. The van der Waals surface area contributed by atoms with Gasteiger partial charge in [-0.2, -0.15) is 0 Å². The fraction of sp³-hybridized carbons (Fsp3) is 0.938. The summed E-state index contributed by atoms with van der Waals surface area (Å²) < 4.78 is 0. The lowest BCUT2D eigenvalue weighted by molar-refractivity contribution is -0.130. The molecule has 116 valence electrons. The number of likely N-dealkylation sites (tertiary alicyclic amines) is 1. The molecule has 0 aromatic rings. The van der Waals surface area contributed by atoms with E-state index < -0.39 is 0 Å². The summed E-state index contributed by atoms with van der Waals surface area (Å²) >= 11 is 0. The molecular formula is C16H31N3O. The van der Waals surface area contributed by atoms with Crippen LogP contribution in [-0.4, -0.2) is 55.0 Å². The maximum Gasteiger partial charge on any atom is 0.222 e. The number of hydrogen-bond donors (Lipinski definition) is 1. The first-order valence-electron chi connectivity index (χ1n) is 8.26. The van der Waals surface area contributed by atoms with Gasteiger partial charge in [-0.25, -0.2) is 0 Å². The standard InChI is InChI=1S/C16H31N3O/c1-18-11-3-4-15(18)12-19(2)16(20)10-7-13-5-8-14(17)9-6-13/h13-15H,3-12,17H2,1-2H3. The van der Waals surface area contributed by atoms with Crippen LogP contribution in [-0.2, 0) is 4.79 Å². The molecule has 1 aliphatic carbocycles. The van der Waals surface area contributed by atoms with E-state index in [0.717, 1.165) is 31.7 Å². The summed E-state index contributed by atoms with van der Waals surface area (Å²) in [4.78, 5) is 16.6. The number of nitrogens with two attached hydrogens (primary N) is 1. The van der Waals surface area contributed by atoms with Crippen LogP contribution >= 0.6 is 0 Å². The van der Waals surface area contributed by atoms with Crippen LogP contribution in [0.15, 0.2) is 0 Å². The highest BCUT2D eigenvalue weighted by Gasteiger charge is 2.24. The molecule has 1 atom stereocenters. The SMILES string of the molecule is CN(CC1CCCN1C)C(=O)CCC1CCC(N)CC1. The zero-order chi connectivity index (χ0) is 14.5. The van der Waals surface area contributed by atoms with Crippen LogP contribution in [0.5, 0.6) is 0 Å². The van der Waals surface area contributed by atoms with E-state index in [0.29, 0.717) is 24.4 Å². The molecule has 1 aliphatic heterocycles. The van der Waals surface area contributed by atoms with Crippen molar-refractivity contribution >= 4 is 5.91 Å². The Morgan fingerprint density at radius 3 is 2.55 bits per heavy atom. The summed E-state index contributed by atoms with van der Waals surface area (Å²) in [5.41, 5.74) is 5.93. The Bertz CT molecular complexity index is 313. The normalized spacial score (nSPS) is 31.4. The molecule has 2 rings (SSSR count). The summed E-state index contributed by atoms with van der Waals surface area (Å²) in [5.74, 6) is 1.04. The molecule has 0 spiro atoms. The van der Waals surface area contributed by atoms with E-state index in [4.69, 9.17) is 5.73 Å². The summed E-state index contributed by atoms with van der Waals surface area (Å²) in [6, 6.07) is 0.971. The summed E-state index contributed by atoms with van der Waals surface area (Å²) in [6.07, 6.45) is 8.97. The summed E-state index contributed by atoms with van der Waals surface area (Å²) in [6.45, 7) is 2.07. The zero-order valence-electron chi connectivity index (χ0n) is 13.2. The highest BCUT2D eigenvalue weighted by atomic mass is 16.2. The molecule has 1 saturated heterocycles. The molecule has 0 aromatic heterocycles. The van der Waals surface area contributed by atoms with Crippen molar-refractivity contribution in [3.63, 3.8) is 0 Å². The third kappa shape index (κ3) is 4.45. The minimum absolute atomic E-state index is 0.320. The molecule has 1 saturated carbocycles. The number of nitrogens with zero attached hydrogens (tertiary/aromatic N) is 2. The number of carbonyl (C=O) groups excluding carboxylic acids is 1. The van der Waals surface area contributed by atoms with Gasteiger partial charge in [0.2, 0.25) is 5.91 Å². The minimum Gasteiger partial charge on any atom is -0.344 e. The van der Waals surface area contributed by atoms with Gasteiger partial charge < -0.3 is 15.5 Å². The van der Waals surface area contributed by atoms with Crippen molar-refractivity contribution in [3.8, 4) is 0 Å². The Kier molecular flexibility index (Phi) is 5.85. The Morgan fingerprint density at radius 1 is 1.25 bits per heavy atom. The first-order valence-corrected chi connectivity index (χ1v) is 8.26. The van der Waals surface area contributed by atoms with E-state index in [2.05, 4.69) is 11.9 Å². The number of carbonyl (C=O) groups is 1. The van der Waals surface area contributed by atoms with Gasteiger partial charge >= 0.3 is 0 Å². The first-order chi connectivity index (χ1) is 9.56. The molecule has 2 N–H and O–H groups in total. The zero-order valence-corrected chi connectivity index (χ0v) is 13.2. The number of hydrogen-bond acceptors (Lipinski definition) is 3. The third-order valence-electron chi connectivity index (χ3n) is 5.24. The molecule has 2 fully saturated rings. The molecule has 1 heterocycles. The van der Waals surface area contributed by atoms with Crippen molar-refractivity contribution in [2.45, 2.75) is 63.5 Å². The highest BCUT2D eigenvalue weighted by Crippen LogP contribution is 2.27. The van der Waals surface area contributed by atoms with Gasteiger partial charge in [-0.15, -0.1) is 0 Å². The van der Waals surface area contributed by atoms with Crippen molar-refractivity contribution in [3.05, 3.63) is 0 Å². The van der Waals surface area contributed by atoms with Crippen LogP contribution in [0.3, 0.4) is 0 Å². The lowest BCUT2D eigenvalue weighted by Crippen LogP contribution is -2.39. The summed E-state index contributed by atoms with van der Waals surface area (Å²) in [5, 5.41) is 0. The Hall–Kier alpha value is -0.610. The lowest BCUT2D eigenvalue weighted by Gasteiger charge is -2.28. The lowest BCUT2D eigenvalue weighted by atomic mass is 9.84. The van der Waals surface area contributed by atoms with Crippen molar-refractivity contribution in [1.82, 2.24) is 9.80 Å². The summed E-state index contributed by atoms with van der Waals surface area (Å²) in [7, 11) is 4.13. The Balaban J connectivity index is 1.66. The number of amides is 1. The van der Waals surface area contributed by atoms with Crippen LogP contribution in [0.1, 0.15) is 51.4 Å². The molecule has 2 aliphatic rings. The second-order valence-electron chi connectivity index (χ2n) is 6.87. The largest absolute Gasteiger partial charge is 0.344 e. The molecule has 1 unspecified atom stereocenters. The topological polar surface area (TPSA) is 49.6 Å².